The summed E-state index contributed by atoms with van der Waals surface area (Å²) in [6.07, 6.45) is 2.34. The van der Waals surface area contributed by atoms with Crippen molar-refractivity contribution in [3.63, 3.8) is 0 Å². The predicted molar refractivity (Wildman–Crippen MR) is 104 cm³/mol. The second-order valence-electron chi connectivity index (χ2n) is 5.44. The predicted octanol–water partition coefficient (Wildman–Crippen LogP) is 6.64. The Kier molecular flexibility index (Phi) is 4.15. The maximum atomic E-state index is 2.50. The van der Waals surface area contributed by atoms with Crippen molar-refractivity contribution in [1.82, 2.24) is 0 Å². The van der Waals surface area contributed by atoms with E-state index in [1.165, 1.54) is 35.1 Å². The molecule has 0 nitrogen and oxygen atoms in total. The summed E-state index contributed by atoms with van der Waals surface area (Å²) >= 11 is 4.99. The molecule has 0 radical (unpaired) electrons. The summed E-state index contributed by atoms with van der Waals surface area (Å²) in [4.78, 5) is 0. The van der Waals surface area contributed by atoms with Crippen molar-refractivity contribution in [2.75, 3.05) is 0 Å². The summed E-state index contributed by atoms with van der Waals surface area (Å²) in [7, 11) is 0. The number of rotatable bonds is 3. The van der Waals surface area contributed by atoms with Crippen molar-refractivity contribution in [3.8, 4) is 11.1 Å². The van der Waals surface area contributed by atoms with Crippen molar-refractivity contribution >= 4 is 45.2 Å². The Morgan fingerprint density at radius 1 is 0.900 bits per heavy atom. The van der Waals surface area contributed by atoms with Crippen LogP contribution in [-0.2, 0) is 5.41 Å². The van der Waals surface area contributed by atoms with E-state index in [2.05, 4.69) is 101 Å². The fourth-order valence-electron chi connectivity index (χ4n) is 3.62. The summed E-state index contributed by atoms with van der Waals surface area (Å²) in [6.45, 7) is 4.65. The molecule has 0 unspecified atom stereocenters. The van der Waals surface area contributed by atoms with Gasteiger partial charge in [0.1, 0.15) is 0 Å². The fraction of sp³-hybridized carbons (Fsp3) is 0.333. The van der Waals surface area contributed by atoms with Crippen molar-refractivity contribution in [1.29, 1.82) is 0 Å². The molecule has 0 aliphatic heterocycles. The van der Waals surface area contributed by atoms with Crippen molar-refractivity contribution in [2.45, 2.75) is 34.0 Å². The van der Waals surface area contributed by atoms with E-state index in [0.29, 0.717) is 1.93 Å². The second kappa shape index (κ2) is 5.59. The van der Waals surface area contributed by atoms with E-state index in [1.54, 1.807) is 5.56 Å². The van der Waals surface area contributed by atoms with Crippen LogP contribution in [0.2, 0.25) is 0 Å². The number of halogens is 2. The van der Waals surface area contributed by atoms with Gasteiger partial charge in [-0.05, 0) is 40.7 Å². The third-order valence-corrected chi connectivity index (χ3v) is 6.19. The highest BCUT2D eigenvalue weighted by molar-refractivity contribution is 14.2. The highest BCUT2D eigenvalue weighted by atomic mass is 127. The Balaban J connectivity index is 2.31. The van der Waals surface area contributed by atoms with E-state index < -0.39 is 0 Å². The van der Waals surface area contributed by atoms with Crippen LogP contribution < -0.4 is 0 Å². The summed E-state index contributed by atoms with van der Waals surface area (Å²) < 4.78 is 0.533. The molecule has 0 amide bonds. The average molecular weight is 488 g/mol. The standard InChI is InChI=1S/C18H18I2/c1-3-18(4-2)15-8-6-5-7-13(15)14-10-9-12(17(19)20)11-16(14)18/h5-11,17H,3-4H2,1-2H3. The third kappa shape index (κ3) is 2.05. The highest BCUT2D eigenvalue weighted by Crippen LogP contribution is 2.53. The fourth-order valence-corrected chi connectivity index (χ4v) is 4.40. The van der Waals surface area contributed by atoms with Gasteiger partial charge in [-0.3, -0.25) is 0 Å². The van der Waals surface area contributed by atoms with Gasteiger partial charge in [-0.15, -0.1) is 0 Å². The molecule has 2 heteroatoms. The van der Waals surface area contributed by atoms with Crippen LogP contribution in [0.15, 0.2) is 42.5 Å². The molecule has 0 saturated carbocycles. The Hall–Kier alpha value is -0.1000. The zero-order chi connectivity index (χ0) is 14.3. The molecule has 0 saturated heterocycles. The van der Waals surface area contributed by atoms with Crippen LogP contribution in [0.4, 0.5) is 0 Å². The van der Waals surface area contributed by atoms with Crippen LogP contribution >= 0.6 is 45.2 Å². The van der Waals surface area contributed by atoms with Crippen molar-refractivity contribution in [3.05, 3.63) is 59.2 Å². The van der Waals surface area contributed by atoms with E-state index in [1.807, 2.05) is 0 Å². The first kappa shape index (κ1) is 14.8. The number of benzene rings is 2. The first-order valence-electron chi connectivity index (χ1n) is 7.16. The first-order chi connectivity index (χ1) is 9.64. The molecule has 0 aromatic heterocycles. The molecule has 0 bridgehead atoms. The Morgan fingerprint density at radius 2 is 1.55 bits per heavy atom. The van der Waals surface area contributed by atoms with E-state index in [4.69, 9.17) is 0 Å². The van der Waals surface area contributed by atoms with Crippen LogP contribution in [0, 0.1) is 0 Å². The van der Waals surface area contributed by atoms with Gasteiger partial charge in [0.25, 0.3) is 0 Å². The minimum atomic E-state index is 0.212. The molecule has 0 heterocycles. The van der Waals surface area contributed by atoms with Gasteiger partial charge in [-0.25, -0.2) is 0 Å². The van der Waals surface area contributed by atoms with Gasteiger partial charge in [0.2, 0.25) is 0 Å². The number of fused-ring (bicyclic) bond motifs is 3. The monoisotopic (exact) mass is 488 g/mol. The van der Waals surface area contributed by atoms with Gasteiger partial charge in [0.05, 0.1) is 1.93 Å². The number of alkyl halides is 2. The van der Waals surface area contributed by atoms with Crippen molar-refractivity contribution < 1.29 is 0 Å². The molecule has 2 aromatic rings. The first-order valence-corrected chi connectivity index (χ1v) is 9.65. The molecule has 104 valence electrons. The van der Waals surface area contributed by atoms with Crippen LogP contribution in [0.1, 0.15) is 45.3 Å². The van der Waals surface area contributed by atoms with Gasteiger partial charge in [0.15, 0.2) is 0 Å². The molecule has 0 fully saturated rings. The third-order valence-electron chi connectivity index (χ3n) is 4.75. The maximum absolute atomic E-state index is 2.50. The van der Waals surface area contributed by atoms with Crippen LogP contribution in [-0.4, -0.2) is 0 Å². The largest absolute Gasteiger partial charge is 0.0875 e. The van der Waals surface area contributed by atoms with Gasteiger partial charge < -0.3 is 0 Å². The van der Waals surface area contributed by atoms with Gasteiger partial charge in [0, 0.05) is 5.41 Å². The van der Waals surface area contributed by atoms with Gasteiger partial charge in [-0.2, -0.15) is 0 Å². The molecule has 0 atom stereocenters. The summed E-state index contributed by atoms with van der Waals surface area (Å²) in [6, 6.07) is 16.0. The summed E-state index contributed by atoms with van der Waals surface area (Å²) in [5.41, 5.74) is 7.60. The molecule has 2 aromatic carbocycles. The molecule has 1 aliphatic rings. The van der Waals surface area contributed by atoms with Gasteiger partial charge in [-0.1, -0.05) is 101 Å². The van der Waals surface area contributed by atoms with Gasteiger partial charge >= 0.3 is 0 Å². The lowest BCUT2D eigenvalue weighted by atomic mass is 9.73. The minimum Gasteiger partial charge on any atom is -0.0657 e. The quantitative estimate of drug-likeness (QED) is 0.336. The minimum absolute atomic E-state index is 0.212. The maximum Gasteiger partial charge on any atom is 0.0875 e. The molecule has 20 heavy (non-hydrogen) atoms. The van der Waals surface area contributed by atoms with Crippen LogP contribution in [0.3, 0.4) is 0 Å². The van der Waals surface area contributed by atoms with Crippen LogP contribution in [0.25, 0.3) is 11.1 Å². The zero-order valence-corrected chi connectivity index (χ0v) is 16.1. The summed E-state index contributed by atoms with van der Waals surface area (Å²) in [5, 5.41) is 0. The molecular weight excluding hydrogens is 470 g/mol. The highest BCUT2D eigenvalue weighted by Gasteiger charge is 2.40. The molecule has 1 aliphatic carbocycles. The van der Waals surface area contributed by atoms with E-state index in [0.717, 1.165) is 0 Å². The van der Waals surface area contributed by atoms with Crippen LogP contribution in [0.5, 0.6) is 0 Å². The Bertz CT molecular complexity index is 640. The van der Waals surface area contributed by atoms with E-state index in [-0.39, 0.29) is 5.41 Å². The zero-order valence-electron chi connectivity index (χ0n) is 11.8. The van der Waals surface area contributed by atoms with Crippen molar-refractivity contribution in [2.24, 2.45) is 0 Å². The second-order valence-corrected chi connectivity index (χ2v) is 10.3. The SMILES string of the molecule is CCC1(CC)c2ccccc2-c2ccc(C(I)I)cc21. The molecule has 0 N–H and O–H groups in total. The molecule has 3 rings (SSSR count). The average Bonchev–Trinajstić information content (AvgIpc) is 2.77. The normalized spacial score (nSPS) is 15.2. The van der Waals surface area contributed by atoms with E-state index in [9.17, 15) is 0 Å². The van der Waals surface area contributed by atoms with E-state index >= 15 is 0 Å². The molecule has 0 spiro atoms. The lowest BCUT2D eigenvalue weighted by Crippen LogP contribution is -2.23. The summed E-state index contributed by atoms with van der Waals surface area (Å²) in [5.74, 6) is 0. The Labute approximate surface area is 148 Å². The number of hydrogen-bond donors (Lipinski definition) is 0. The smallest absolute Gasteiger partial charge is 0.0657 e. The topological polar surface area (TPSA) is 0 Å². The number of hydrogen-bond acceptors (Lipinski definition) is 0. The Morgan fingerprint density at radius 3 is 2.20 bits per heavy atom. The lowest BCUT2D eigenvalue weighted by molar-refractivity contribution is 0.490. The molecular formula is C18H18I2. The lowest BCUT2D eigenvalue weighted by Gasteiger charge is -2.30.